The van der Waals surface area contributed by atoms with Gasteiger partial charge in [0.05, 0.1) is 31.9 Å². The summed E-state index contributed by atoms with van der Waals surface area (Å²) in [5, 5.41) is 19.0. The van der Waals surface area contributed by atoms with Crippen LogP contribution in [-0.4, -0.2) is 58.0 Å². The van der Waals surface area contributed by atoms with Crippen molar-refractivity contribution < 1.29 is 14.3 Å². The molecule has 0 aliphatic rings. The average molecular weight is 427 g/mol. The summed E-state index contributed by atoms with van der Waals surface area (Å²) < 4.78 is 10.5. The van der Waals surface area contributed by atoms with Crippen LogP contribution >= 0.6 is 24.0 Å². The number of benzene rings is 1. The Bertz CT molecular complexity index is 578. The van der Waals surface area contributed by atoms with Crippen molar-refractivity contribution in [1.82, 2.24) is 10.6 Å². The Morgan fingerprint density at radius 2 is 1.79 bits per heavy atom. The summed E-state index contributed by atoms with van der Waals surface area (Å²) in [7, 11) is 1.89. The number of nitriles is 1. The highest BCUT2D eigenvalue weighted by atomic mass is 32.2. The number of likely N-dealkylation sites (N-methyl/N-ethyl adjacent to an activating group) is 1. The number of carbonyl (C=O) groups excluding carboxylic acids is 1. The van der Waals surface area contributed by atoms with Gasteiger partial charge in [0, 0.05) is 29.6 Å². The highest BCUT2D eigenvalue weighted by Crippen LogP contribution is 2.18. The van der Waals surface area contributed by atoms with Crippen LogP contribution in [0, 0.1) is 16.6 Å². The van der Waals surface area contributed by atoms with Crippen LogP contribution in [0.15, 0.2) is 29.2 Å². The molecule has 0 spiro atoms. The first-order valence-electron chi connectivity index (χ1n) is 8.99. The third-order valence-corrected chi connectivity index (χ3v) is 3.90. The standard InChI is InChI=1S/C11H24N2O3.C8H6N2S2/c1-10(2)11(14)13-5-7-16-9-8-15-6-4-12-3;9-5-12-8-3-1-7(2-4-8)10-6-11/h10,12H,4-9H2,1-3H3,(H,13,14);1-4,6H,(H,10,11). The van der Waals surface area contributed by atoms with Crippen LogP contribution in [0.3, 0.4) is 0 Å². The first kappa shape index (κ1) is 26.3. The van der Waals surface area contributed by atoms with Gasteiger partial charge in [0.1, 0.15) is 5.40 Å². The zero-order chi connectivity index (χ0) is 21.0. The van der Waals surface area contributed by atoms with Gasteiger partial charge >= 0.3 is 0 Å². The van der Waals surface area contributed by atoms with E-state index in [0.717, 1.165) is 28.9 Å². The van der Waals surface area contributed by atoms with Crippen LogP contribution in [0.5, 0.6) is 0 Å². The highest BCUT2D eigenvalue weighted by molar-refractivity contribution is 8.03. The van der Waals surface area contributed by atoms with Gasteiger partial charge in [-0.3, -0.25) is 4.79 Å². The van der Waals surface area contributed by atoms with Crippen molar-refractivity contribution in [3.8, 4) is 5.40 Å². The van der Waals surface area contributed by atoms with Crippen molar-refractivity contribution in [2.24, 2.45) is 5.92 Å². The summed E-state index contributed by atoms with van der Waals surface area (Å²) in [4.78, 5) is 12.1. The Morgan fingerprint density at radius 1 is 1.18 bits per heavy atom. The van der Waals surface area contributed by atoms with Crippen LogP contribution < -0.4 is 16.0 Å². The van der Waals surface area contributed by atoms with E-state index in [2.05, 4.69) is 28.2 Å². The van der Waals surface area contributed by atoms with E-state index in [-0.39, 0.29) is 11.8 Å². The zero-order valence-corrected chi connectivity index (χ0v) is 18.3. The molecule has 1 rings (SSSR count). The van der Waals surface area contributed by atoms with Crippen molar-refractivity contribution in [2.45, 2.75) is 18.7 Å². The lowest BCUT2D eigenvalue weighted by molar-refractivity contribution is -0.124. The minimum atomic E-state index is 0.0323. The molecule has 28 heavy (non-hydrogen) atoms. The Hall–Kier alpha value is -1.70. The maximum atomic E-state index is 11.2. The maximum absolute atomic E-state index is 11.2. The molecule has 0 fully saturated rings. The summed E-state index contributed by atoms with van der Waals surface area (Å²) in [5.74, 6) is 0.0961. The van der Waals surface area contributed by atoms with E-state index in [0.29, 0.717) is 33.0 Å². The largest absolute Gasteiger partial charge is 0.378 e. The minimum absolute atomic E-state index is 0.0323. The van der Waals surface area contributed by atoms with Crippen molar-refractivity contribution in [3.63, 3.8) is 0 Å². The zero-order valence-electron chi connectivity index (χ0n) is 16.7. The van der Waals surface area contributed by atoms with Crippen molar-refractivity contribution in [3.05, 3.63) is 24.3 Å². The molecule has 0 heterocycles. The fourth-order valence-electron chi connectivity index (χ4n) is 1.69. The van der Waals surface area contributed by atoms with Crippen LogP contribution in [0.1, 0.15) is 13.8 Å². The van der Waals surface area contributed by atoms with Gasteiger partial charge in [-0.25, -0.2) is 0 Å². The van der Waals surface area contributed by atoms with E-state index in [9.17, 15) is 4.79 Å². The van der Waals surface area contributed by atoms with Crippen LogP contribution in [0.2, 0.25) is 0 Å². The van der Waals surface area contributed by atoms with Crippen LogP contribution in [0.25, 0.3) is 0 Å². The van der Waals surface area contributed by atoms with Crippen molar-refractivity contribution in [1.29, 1.82) is 5.26 Å². The lowest BCUT2D eigenvalue weighted by Gasteiger charge is -2.08. The van der Waals surface area contributed by atoms with E-state index < -0.39 is 0 Å². The van der Waals surface area contributed by atoms with Gasteiger partial charge in [-0.2, -0.15) is 5.26 Å². The smallest absolute Gasteiger partial charge is 0.222 e. The number of hydrogen-bond acceptors (Lipinski definition) is 7. The minimum Gasteiger partial charge on any atom is -0.378 e. The maximum Gasteiger partial charge on any atom is 0.222 e. The van der Waals surface area contributed by atoms with E-state index >= 15 is 0 Å². The van der Waals surface area contributed by atoms with Gasteiger partial charge in [0.25, 0.3) is 0 Å². The van der Waals surface area contributed by atoms with E-state index in [1.807, 2.05) is 50.6 Å². The van der Waals surface area contributed by atoms with E-state index in [1.165, 1.54) is 5.49 Å². The summed E-state index contributed by atoms with van der Waals surface area (Å²) in [6, 6.07) is 7.50. The number of nitrogens with one attached hydrogen (secondary N) is 3. The molecule has 0 saturated carbocycles. The average Bonchev–Trinajstić information content (AvgIpc) is 2.69. The van der Waals surface area contributed by atoms with Crippen molar-refractivity contribution >= 4 is 41.1 Å². The third-order valence-electron chi connectivity index (χ3n) is 3.18. The van der Waals surface area contributed by atoms with Crippen LogP contribution in [-0.2, 0) is 14.3 Å². The summed E-state index contributed by atoms with van der Waals surface area (Å²) in [6.45, 7) is 7.55. The topological polar surface area (TPSA) is 95.4 Å². The molecule has 3 N–H and O–H groups in total. The monoisotopic (exact) mass is 426 g/mol. The molecule has 156 valence electrons. The number of thioether (sulfide) groups is 1. The van der Waals surface area contributed by atoms with E-state index in [1.54, 1.807) is 0 Å². The molecule has 0 bridgehead atoms. The summed E-state index contributed by atoms with van der Waals surface area (Å²) in [6.07, 6.45) is 0. The molecule has 0 saturated heterocycles. The molecule has 0 aliphatic carbocycles. The Labute approximate surface area is 177 Å². The van der Waals surface area contributed by atoms with Crippen molar-refractivity contribution in [2.75, 3.05) is 51.9 Å². The Morgan fingerprint density at radius 3 is 2.29 bits per heavy atom. The Kier molecular flexibility index (Phi) is 17.5. The molecule has 0 aliphatic heterocycles. The number of amides is 1. The van der Waals surface area contributed by atoms with Gasteiger partial charge in [-0.05, 0) is 43.1 Å². The van der Waals surface area contributed by atoms with Gasteiger partial charge in [-0.1, -0.05) is 26.1 Å². The molecule has 1 aromatic carbocycles. The second-order valence-electron chi connectivity index (χ2n) is 5.75. The predicted molar refractivity (Wildman–Crippen MR) is 119 cm³/mol. The lowest BCUT2D eigenvalue weighted by Crippen LogP contribution is -2.31. The SMILES string of the molecule is CNCCOCCOCCNC(=O)C(C)C.N#CSc1ccc(NC=S)cc1. The summed E-state index contributed by atoms with van der Waals surface area (Å²) in [5.41, 5.74) is 2.39. The molecule has 1 aromatic rings. The number of anilines is 1. The summed E-state index contributed by atoms with van der Waals surface area (Å²) >= 11 is 5.77. The molecule has 1 amide bonds. The number of nitrogens with zero attached hydrogens (tertiary/aromatic N) is 1. The molecule has 0 radical (unpaired) electrons. The number of thiocarbonyl (C=S) groups is 1. The van der Waals surface area contributed by atoms with Gasteiger partial charge in [0.15, 0.2) is 0 Å². The molecule has 0 aromatic heterocycles. The van der Waals surface area contributed by atoms with Crippen LogP contribution in [0.4, 0.5) is 5.69 Å². The van der Waals surface area contributed by atoms with E-state index in [4.69, 9.17) is 14.7 Å². The second kappa shape index (κ2) is 18.7. The lowest BCUT2D eigenvalue weighted by atomic mass is 10.2. The molecular weight excluding hydrogens is 396 g/mol. The molecule has 0 unspecified atom stereocenters. The fourth-order valence-corrected chi connectivity index (χ4v) is 2.20. The highest BCUT2D eigenvalue weighted by Gasteiger charge is 2.04. The Balaban J connectivity index is 0.000000540. The molecule has 7 nitrogen and oxygen atoms in total. The predicted octanol–water partition coefficient (Wildman–Crippen LogP) is 2.64. The van der Waals surface area contributed by atoms with Gasteiger partial charge in [-0.15, -0.1) is 0 Å². The fraction of sp³-hybridized carbons (Fsp3) is 0.526. The number of carbonyl (C=O) groups is 1. The molecule has 0 atom stereocenters. The second-order valence-corrected chi connectivity index (χ2v) is 6.85. The number of rotatable bonds is 13. The number of thiocyanates is 1. The molecule has 9 heteroatoms. The first-order valence-corrected chi connectivity index (χ1v) is 10.3. The normalized spacial score (nSPS) is 9.82. The van der Waals surface area contributed by atoms with Gasteiger partial charge < -0.3 is 25.4 Å². The molecular formula is C19H30N4O3S2. The number of ether oxygens (including phenoxy) is 2. The van der Waals surface area contributed by atoms with Gasteiger partial charge in [0.2, 0.25) is 5.91 Å². The third kappa shape index (κ3) is 15.4. The quantitative estimate of drug-likeness (QED) is 0.192. The first-order chi connectivity index (χ1) is 13.5. The number of hydrogen-bond donors (Lipinski definition) is 3.